The molecule has 0 spiro atoms. The summed E-state index contributed by atoms with van der Waals surface area (Å²) < 4.78 is 16.3. The van der Waals surface area contributed by atoms with Gasteiger partial charge in [-0.3, -0.25) is 0 Å². The first-order valence-corrected chi connectivity index (χ1v) is 8.57. The van der Waals surface area contributed by atoms with Crippen molar-refractivity contribution in [2.24, 2.45) is 0 Å². The van der Waals surface area contributed by atoms with Gasteiger partial charge in [0.25, 0.3) is 0 Å². The van der Waals surface area contributed by atoms with Crippen LogP contribution in [-0.4, -0.2) is 35.1 Å². The molecule has 0 radical (unpaired) electrons. The minimum Gasteiger partial charge on any atom is -0.493 e. The van der Waals surface area contributed by atoms with Gasteiger partial charge in [-0.2, -0.15) is 10.3 Å². The van der Waals surface area contributed by atoms with E-state index in [0.717, 1.165) is 5.56 Å². The van der Waals surface area contributed by atoms with Crippen LogP contribution in [0.4, 0.5) is 0 Å². The molecule has 1 aromatic heterocycles. The fraction of sp³-hybridized carbons (Fsp3) is 0.250. The van der Waals surface area contributed by atoms with Crippen molar-refractivity contribution in [3.05, 3.63) is 59.3 Å². The minimum atomic E-state index is -0.528. The number of ether oxygens (including phenoxy) is 3. The summed E-state index contributed by atoms with van der Waals surface area (Å²) in [5, 5.41) is 10.4. The molecule has 0 aliphatic heterocycles. The molecule has 7 heteroatoms. The number of hydrogen-bond donors (Lipinski definition) is 1. The van der Waals surface area contributed by atoms with Crippen LogP contribution in [0.5, 0.6) is 11.5 Å². The molecule has 1 N–H and O–H groups in total. The summed E-state index contributed by atoms with van der Waals surface area (Å²) in [6.07, 6.45) is 0. The van der Waals surface area contributed by atoms with Gasteiger partial charge in [-0.15, -0.1) is 5.10 Å². The molecule has 3 rings (SSSR count). The molecule has 7 nitrogen and oxygen atoms in total. The first kappa shape index (κ1) is 18.4. The Labute approximate surface area is 157 Å². The second-order valence-corrected chi connectivity index (χ2v) is 5.88. The third-order valence-corrected chi connectivity index (χ3v) is 3.97. The molecule has 0 aliphatic rings. The molecular formula is C20H21N3O4. The molecule has 0 fully saturated rings. The number of nitrogens with one attached hydrogen (secondary N) is 1. The van der Waals surface area contributed by atoms with E-state index in [9.17, 15) is 4.79 Å². The quantitative estimate of drug-likeness (QED) is 0.643. The average Bonchev–Trinajstić information content (AvgIpc) is 3.17. The third-order valence-electron chi connectivity index (χ3n) is 3.97. The molecule has 0 aliphatic carbocycles. The van der Waals surface area contributed by atoms with Crippen molar-refractivity contribution < 1.29 is 19.0 Å². The highest BCUT2D eigenvalue weighted by molar-refractivity contribution is 5.94. The Morgan fingerprint density at radius 1 is 1.07 bits per heavy atom. The molecule has 1 heterocycles. The smallest absolute Gasteiger partial charge is 0.361 e. The van der Waals surface area contributed by atoms with Crippen LogP contribution in [0.25, 0.3) is 11.3 Å². The Morgan fingerprint density at radius 2 is 1.85 bits per heavy atom. The number of aromatic nitrogens is 3. The third kappa shape index (κ3) is 4.25. The Balaban J connectivity index is 1.81. The summed E-state index contributed by atoms with van der Waals surface area (Å²) in [5.74, 6) is 0.611. The predicted molar refractivity (Wildman–Crippen MR) is 99.8 cm³/mol. The van der Waals surface area contributed by atoms with Crippen LogP contribution in [0.1, 0.15) is 28.5 Å². The number of hydrogen-bond acceptors (Lipinski definition) is 6. The van der Waals surface area contributed by atoms with Crippen molar-refractivity contribution in [2.45, 2.75) is 20.5 Å². The van der Waals surface area contributed by atoms with Gasteiger partial charge in [0.15, 0.2) is 17.2 Å². The molecule has 27 heavy (non-hydrogen) atoms. The van der Waals surface area contributed by atoms with Crippen molar-refractivity contribution in [3.63, 3.8) is 0 Å². The Morgan fingerprint density at radius 3 is 2.56 bits per heavy atom. The number of carbonyl (C=O) groups excluding carboxylic acids is 1. The maximum Gasteiger partial charge on any atom is 0.361 e. The second-order valence-electron chi connectivity index (χ2n) is 5.88. The van der Waals surface area contributed by atoms with E-state index in [2.05, 4.69) is 15.4 Å². The van der Waals surface area contributed by atoms with Crippen LogP contribution in [0.15, 0.2) is 42.5 Å². The van der Waals surface area contributed by atoms with Gasteiger partial charge in [-0.1, -0.05) is 29.8 Å². The van der Waals surface area contributed by atoms with Gasteiger partial charge in [-0.05, 0) is 37.6 Å². The van der Waals surface area contributed by atoms with Gasteiger partial charge in [0.05, 0.1) is 13.7 Å². The normalized spacial score (nSPS) is 10.5. The summed E-state index contributed by atoms with van der Waals surface area (Å²) in [5.41, 5.74) is 3.47. The van der Waals surface area contributed by atoms with Gasteiger partial charge in [0.1, 0.15) is 12.3 Å². The number of methoxy groups -OCH3 is 1. The van der Waals surface area contributed by atoms with Crippen molar-refractivity contribution in [3.8, 4) is 22.8 Å². The monoisotopic (exact) mass is 367 g/mol. The highest BCUT2D eigenvalue weighted by Gasteiger charge is 2.20. The summed E-state index contributed by atoms with van der Waals surface area (Å²) in [4.78, 5) is 12.0. The largest absolute Gasteiger partial charge is 0.493 e. The van der Waals surface area contributed by atoms with Crippen LogP contribution >= 0.6 is 0 Å². The molecule has 0 saturated carbocycles. The highest BCUT2D eigenvalue weighted by atomic mass is 16.5. The molecule has 0 saturated heterocycles. The number of H-pyrrole nitrogens is 1. The predicted octanol–water partition coefficient (Wildman–Crippen LogP) is 3.54. The SMILES string of the molecule is CCOC(=O)c1n[nH]nc1-c1ccc(OCc2ccc(C)cc2)c(OC)c1. The van der Waals surface area contributed by atoms with Crippen LogP contribution < -0.4 is 9.47 Å². The molecule has 0 bridgehead atoms. The number of rotatable bonds is 7. The van der Waals surface area contributed by atoms with Crippen LogP contribution in [0.3, 0.4) is 0 Å². The zero-order chi connectivity index (χ0) is 19.2. The average molecular weight is 367 g/mol. The van der Waals surface area contributed by atoms with Gasteiger partial charge in [0.2, 0.25) is 0 Å². The van der Waals surface area contributed by atoms with Gasteiger partial charge in [0, 0.05) is 5.56 Å². The van der Waals surface area contributed by atoms with E-state index >= 15 is 0 Å². The Hall–Kier alpha value is -3.35. The van der Waals surface area contributed by atoms with Crippen molar-refractivity contribution >= 4 is 5.97 Å². The van der Waals surface area contributed by atoms with E-state index in [1.54, 1.807) is 32.2 Å². The van der Waals surface area contributed by atoms with E-state index in [4.69, 9.17) is 14.2 Å². The summed E-state index contributed by atoms with van der Waals surface area (Å²) >= 11 is 0. The van der Waals surface area contributed by atoms with Crippen LogP contribution in [-0.2, 0) is 11.3 Å². The van der Waals surface area contributed by atoms with Crippen molar-refractivity contribution in [1.29, 1.82) is 0 Å². The summed E-state index contributed by atoms with van der Waals surface area (Å²) in [6, 6.07) is 13.5. The molecule has 0 atom stereocenters. The van der Waals surface area contributed by atoms with Crippen LogP contribution in [0, 0.1) is 6.92 Å². The standard InChI is InChI=1S/C20H21N3O4/c1-4-26-20(24)19-18(21-23-22-19)15-9-10-16(17(11-15)25-3)27-12-14-7-5-13(2)6-8-14/h5-11H,4,12H2,1-3H3,(H,21,22,23). The van der Waals surface area contributed by atoms with E-state index in [1.165, 1.54) is 5.56 Å². The zero-order valence-corrected chi connectivity index (χ0v) is 15.5. The fourth-order valence-corrected chi connectivity index (χ4v) is 2.55. The van der Waals surface area contributed by atoms with Crippen molar-refractivity contribution in [1.82, 2.24) is 15.4 Å². The van der Waals surface area contributed by atoms with Gasteiger partial charge < -0.3 is 14.2 Å². The lowest BCUT2D eigenvalue weighted by atomic mass is 10.1. The van der Waals surface area contributed by atoms with E-state index in [-0.39, 0.29) is 12.3 Å². The number of carbonyl (C=O) groups is 1. The number of nitrogens with zero attached hydrogens (tertiary/aromatic N) is 2. The lowest BCUT2D eigenvalue weighted by Gasteiger charge is -2.12. The lowest BCUT2D eigenvalue weighted by molar-refractivity contribution is 0.0520. The number of benzene rings is 2. The number of aryl methyl sites for hydroxylation is 1. The maximum atomic E-state index is 12.0. The molecule has 0 amide bonds. The number of aromatic amines is 1. The Kier molecular flexibility index (Phi) is 5.71. The fourth-order valence-electron chi connectivity index (χ4n) is 2.55. The Bertz CT molecular complexity index is 919. The molecular weight excluding hydrogens is 346 g/mol. The summed E-state index contributed by atoms with van der Waals surface area (Å²) in [6.45, 7) is 4.47. The molecule has 0 unspecified atom stereocenters. The van der Waals surface area contributed by atoms with E-state index < -0.39 is 5.97 Å². The molecule has 2 aromatic carbocycles. The van der Waals surface area contributed by atoms with Crippen molar-refractivity contribution in [2.75, 3.05) is 13.7 Å². The lowest BCUT2D eigenvalue weighted by Crippen LogP contribution is -2.07. The first-order chi connectivity index (χ1) is 13.1. The summed E-state index contributed by atoms with van der Waals surface area (Å²) in [7, 11) is 1.56. The van der Waals surface area contributed by atoms with Crippen LogP contribution in [0.2, 0.25) is 0 Å². The van der Waals surface area contributed by atoms with E-state index in [0.29, 0.717) is 29.4 Å². The zero-order valence-electron chi connectivity index (χ0n) is 15.5. The van der Waals surface area contributed by atoms with Gasteiger partial charge in [-0.25, -0.2) is 4.79 Å². The van der Waals surface area contributed by atoms with Gasteiger partial charge >= 0.3 is 5.97 Å². The second kappa shape index (κ2) is 8.35. The molecule has 3 aromatic rings. The first-order valence-electron chi connectivity index (χ1n) is 8.57. The topological polar surface area (TPSA) is 86.3 Å². The number of esters is 1. The minimum absolute atomic E-state index is 0.132. The van der Waals surface area contributed by atoms with E-state index in [1.807, 2.05) is 31.2 Å². The maximum absolute atomic E-state index is 12.0. The highest BCUT2D eigenvalue weighted by Crippen LogP contribution is 2.33. The molecule has 140 valence electrons.